The van der Waals surface area contributed by atoms with Gasteiger partial charge in [-0.05, 0) is 29.7 Å². The predicted molar refractivity (Wildman–Crippen MR) is 66.1 cm³/mol. The van der Waals surface area contributed by atoms with E-state index in [0.717, 1.165) is 6.42 Å². The van der Waals surface area contributed by atoms with Crippen molar-refractivity contribution in [3.63, 3.8) is 0 Å². The quantitative estimate of drug-likeness (QED) is 0.541. The van der Waals surface area contributed by atoms with Crippen molar-refractivity contribution in [3.8, 4) is 0 Å². The molecule has 0 aromatic rings. The van der Waals surface area contributed by atoms with Crippen molar-refractivity contribution in [1.29, 1.82) is 0 Å². The highest BCUT2D eigenvalue weighted by Crippen LogP contribution is 2.37. The fourth-order valence-electron chi connectivity index (χ4n) is 2.17. The highest BCUT2D eigenvalue weighted by Gasteiger charge is 2.27. The molecule has 0 radical (unpaired) electrons. The number of ether oxygens (including phenoxy) is 1. The lowest BCUT2D eigenvalue weighted by molar-refractivity contribution is -0.146. The molecule has 2 heteroatoms. The summed E-state index contributed by atoms with van der Waals surface area (Å²) in [4.78, 5) is 11.4. The van der Waals surface area contributed by atoms with Crippen LogP contribution in [0.5, 0.6) is 0 Å². The molecule has 0 aromatic carbocycles. The molecule has 0 aliphatic heterocycles. The molecule has 1 aliphatic carbocycles. The summed E-state index contributed by atoms with van der Waals surface area (Å²) in [7, 11) is 0. The zero-order chi connectivity index (χ0) is 12.3. The van der Waals surface area contributed by atoms with Gasteiger partial charge in [0.1, 0.15) is 6.61 Å². The number of esters is 1. The lowest BCUT2D eigenvalue weighted by atomic mass is 9.73. The van der Waals surface area contributed by atoms with Crippen LogP contribution in [0, 0.1) is 17.3 Å². The van der Waals surface area contributed by atoms with E-state index >= 15 is 0 Å². The van der Waals surface area contributed by atoms with Gasteiger partial charge in [0, 0.05) is 0 Å². The molecule has 0 N–H and O–H groups in total. The molecule has 92 valence electrons. The van der Waals surface area contributed by atoms with Crippen molar-refractivity contribution in [2.75, 3.05) is 6.61 Å². The van der Waals surface area contributed by atoms with Crippen LogP contribution in [-0.4, -0.2) is 12.6 Å². The summed E-state index contributed by atoms with van der Waals surface area (Å²) in [6.07, 6.45) is 4.52. The van der Waals surface area contributed by atoms with Crippen molar-refractivity contribution in [2.24, 2.45) is 17.3 Å². The van der Waals surface area contributed by atoms with Gasteiger partial charge in [-0.1, -0.05) is 40.7 Å². The molecule has 1 rings (SSSR count). The van der Waals surface area contributed by atoms with E-state index in [-0.39, 0.29) is 11.9 Å². The van der Waals surface area contributed by atoms with E-state index in [9.17, 15) is 4.79 Å². The highest BCUT2D eigenvalue weighted by atomic mass is 16.5. The highest BCUT2D eigenvalue weighted by molar-refractivity contribution is 5.71. The Morgan fingerprint density at radius 2 is 2.19 bits per heavy atom. The van der Waals surface area contributed by atoms with E-state index in [1.807, 2.05) is 13.8 Å². The Morgan fingerprint density at radius 1 is 1.56 bits per heavy atom. The maximum atomic E-state index is 11.4. The van der Waals surface area contributed by atoms with Crippen molar-refractivity contribution < 1.29 is 9.53 Å². The van der Waals surface area contributed by atoms with E-state index in [4.69, 9.17) is 4.74 Å². The normalized spacial score (nSPS) is 24.1. The van der Waals surface area contributed by atoms with Crippen LogP contribution in [0.3, 0.4) is 0 Å². The van der Waals surface area contributed by atoms with Crippen LogP contribution in [0.2, 0.25) is 0 Å². The lowest BCUT2D eigenvalue weighted by Crippen LogP contribution is -2.24. The van der Waals surface area contributed by atoms with Gasteiger partial charge in [0.05, 0.1) is 5.92 Å². The summed E-state index contributed by atoms with van der Waals surface area (Å²) >= 11 is 0. The molecule has 0 spiro atoms. The molecule has 16 heavy (non-hydrogen) atoms. The SMILES string of the molecule is CC(C)C(=O)OCC1=CCC(C)(C)CC1C. The van der Waals surface area contributed by atoms with Gasteiger partial charge in [-0.15, -0.1) is 0 Å². The molecule has 0 amide bonds. The van der Waals surface area contributed by atoms with Gasteiger partial charge in [0.2, 0.25) is 0 Å². The molecule has 0 aromatic heterocycles. The zero-order valence-electron chi connectivity index (χ0n) is 11.2. The van der Waals surface area contributed by atoms with Gasteiger partial charge in [-0.2, -0.15) is 0 Å². The summed E-state index contributed by atoms with van der Waals surface area (Å²) in [6, 6.07) is 0. The molecular weight excluding hydrogens is 200 g/mol. The van der Waals surface area contributed by atoms with Crippen LogP contribution < -0.4 is 0 Å². The molecule has 0 saturated carbocycles. The average molecular weight is 224 g/mol. The fraction of sp³-hybridized carbons (Fsp3) is 0.786. The minimum absolute atomic E-state index is 0.0315. The number of carbonyl (C=O) groups is 1. The molecule has 1 unspecified atom stereocenters. The molecule has 0 heterocycles. The predicted octanol–water partition coefficient (Wildman–Crippen LogP) is 3.57. The first kappa shape index (κ1) is 13.3. The van der Waals surface area contributed by atoms with E-state index in [1.165, 1.54) is 12.0 Å². The second kappa shape index (κ2) is 5.03. The number of hydrogen-bond acceptors (Lipinski definition) is 2. The fourth-order valence-corrected chi connectivity index (χ4v) is 2.17. The largest absolute Gasteiger partial charge is 0.461 e. The van der Waals surface area contributed by atoms with Gasteiger partial charge in [0.25, 0.3) is 0 Å². The molecular formula is C14H24O2. The van der Waals surface area contributed by atoms with Crippen LogP contribution in [-0.2, 0) is 9.53 Å². The Bertz CT molecular complexity index is 287. The summed E-state index contributed by atoms with van der Waals surface area (Å²) in [5, 5.41) is 0. The van der Waals surface area contributed by atoms with Gasteiger partial charge >= 0.3 is 5.97 Å². The molecule has 0 fully saturated rings. The third kappa shape index (κ3) is 3.66. The van der Waals surface area contributed by atoms with Gasteiger partial charge in [0.15, 0.2) is 0 Å². The number of rotatable bonds is 3. The minimum Gasteiger partial charge on any atom is -0.461 e. The topological polar surface area (TPSA) is 26.3 Å². The second-order valence-electron chi connectivity index (χ2n) is 6.01. The summed E-state index contributed by atoms with van der Waals surface area (Å²) in [5.74, 6) is 0.401. The Balaban J connectivity index is 2.50. The molecule has 1 aliphatic rings. The van der Waals surface area contributed by atoms with Crippen molar-refractivity contribution in [2.45, 2.75) is 47.5 Å². The van der Waals surface area contributed by atoms with E-state index in [1.54, 1.807) is 0 Å². The van der Waals surface area contributed by atoms with E-state index in [2.05, 4.69) is 26.8 Å². The molecule has 0 saturated heterocycles. The molecule has 0 bridgehead atoms. The first-order valence-corrected chi connectivity index (χ1v) is 6.17. The van der Waals surface area contributed by atoms with E-state index in [0.29, 0.717) is 17.9 Å². The Hall–Kier alpha value is -0.790. The standard InChI is InChI=1S/C14H24O2/c1-10(2)13(15)16-9-12-6-7-14(4,5)8-11(12)3/h6,10-11H,7-9H2,1-5H3. The average Bonchev–Trinajstić information content (AvgIpc) is 2.14. The zero-order valence-corrected chi connectivity index (χ0v) is 11.2. The molecule has 2 nitrogen and oxygen atoms in total. The lowest BCUT2D eigenvalue weighted by Gasteiger charge is -2.33. The van der Waals surface area contributed by atoms with Crippen LogP contribution in [0.4, 0.5) is 0 Å². The molecule has 1 atom stereocenters. The summed E-state index contributed by atoms with van der Waals surface area (Å²) < 4.78 is 5.27. The summed E-state index contributed by atoms with van der Waals surface area (Å²) in [5.41, 5.74) is 1.68. The Kier molecular flexibility index (Phi) is 4.17. The maximum absolute atomic E-state index is 11.4. The summed E-state index contributed by atoms with van der Waals surface area (Å²) in [6.45, 7) is 11.0. The van der Waals surface area contributed by atoms with Crippen LogP contribution in [0.1, 0.15) is 47.5 Å². The smallest absolute Gasteiger partial charge is 0.308 e. The minimum atomic E-state index is -0.0991. The van der Waals surface area contributed by atoms with E-state index < -0.39 is 0 Å². The Morgan fingerprint density at radius 3 is 2.69 bits per heavy atom. The van der Waals surface area contributed by atoms with Crippen LogP contribution >= 0.6 is 0 Å². The first-order chi connectivity index (χ1) is 7.32. The monoisotopic (exact) mass is 224 g/mol. The second-order valence-corrected chi connectivity index (χ2v) is 6.01. The van der Waals surface area contributed by atoms with Crippen LogP contribution in [0.25, 0.3) is 0 Å². The van der Waals surface area contributed by atoms with Crippen LogP contribution in [0.15, 0.2) is 11.6 Å². The van der Waals surface area contributed by atoms with Gasteiger partial charge < -0.3 is 4.74 Å². The maximum Gasteiger partial charge on any atom is 0.308 e. The number of carbonyl (C=O) groups excluding carboxylic acids is 1. The van der Waals surface area contributed by atoms with Crippen molar-refractivity contribution in [1.82, 2.24) is 0 Å². The third-order valence-corrected chi connectivity index (χ3v) is 3.26. The first-order valence-electron chi connectivity index (χ1n) is 6.17. The third-order valence-electron chi connectivity index (χ3n) is 3.26. The Labute approximate surface area is 99.1 Å². The van der Waals surface area contributed by atoms with Crippen molar-refractivity contribution >= 4 is 5.97 Å². The number of allylic oxidation sites excluding steroid dienone is 1. The van der Waals surface area contributed by atoms with Gasteiger partial charge in [-0.25, -0.2) is 0 Å². The van der Waals surface area contributed by atoms with Crippen molar-refractivity contribution in [3.05, 3.63) is 11.6 Å². The van der Waals surface area contributed by atoms with Gasteiger partial charge in [-0.3, -0.25) is 4.79 Å². The number of hydrogen-bond donors (Lipinski definition) is 0.